The van der Waals surface area contributed by atoms with E-state index in [-0.39, 0.29) is 19.1 Å². The molecule has 4 N–H and O–H groups in total. The number of carboxylic acid groups (broad SMARTS) is 1. The number of amides is 2. The van der Waals surface area contributed by atoms with Gasteiger partial charge in [0.15, 0.2) is 0 Å². The number of urea groups is 1. The minimum Gasteiger partial charge on any atom is -0.480 e. The van der Waals surface area contributed by atoms with E-state index in [2.05, 4.69) is 24.5 Å². The van der Waals surface area contributed by atoms with Gasteiger partial charge in [-0.1, -0.05) is 20.3 Å². The molecule has 4 unspecified atom stereocenters. The number of aliphatic carboxylic acids is 1. The molecule has 4 atom stereocenters. The average molecular weight is 272 g/mol. The molecule has 19 heavy (non-hydrogen) atoms. The fraction of sp³-hybridized carbons (Fsp3) is 0.846. The summed E-state index contributed by atoms with van der Waals surface area (Å²) in [5.74, 6) is -0.0926. The molecule has 110 valence electrons. The zero-order valence-corrected chi connectivity index (χ0v) is 11.6. The van der Waals surface area contributed by atoms with Crippen molar-refractivity contribution in [2.45, 2.75) is 51.6 Å². The van der Waals surface area contributed by atoms with E-state index < -0.39 is 18.0 Å². The molecule has 0 aromatic carbocycles. The van der Waals surface area contributed by atoms with Gasteiger partial charge < -0.3 is 20.8 Å². The van der Waals surface area contributed by atoms with Crippen LogP contribution in [0.25, 0.3) is 0 Å². The van der Waals surface area contributed by atoms with Gasteiger partial charge in [-0.15, -0.1) is 0 Å². The number of carboxylic acids is 1. The highest BCUT2D eigenvalue weighted by Crippen LogP contribution is 2.33. The van der Waals surface area contributed by atoms with Crippen molar-refractivity contribution in [3.8, 4) is 0 Å². The number of carbonyl (C=O) groups excluding carboxylic acids is 1. The Balaban J connectivity index is 2.44. The van der Waals surface area contributed by atoms with Gasteiger partial charge in [-0.05, 0) is 24.7 Å². The van der Waals surface area contributed by atoms with Crippen molar-refractivity contribution in [2.24, 2.45) is 11.8 Å². The highest BCUT2D eigenvalue weighted by molar-refractivity contribution is 5.82. The summed E-state index contributed by atoms with van der Waals surface area (Å²) in [4.78, 5) is 22.6. The summed E-state index contributed by atoms with van der Waals surface area (Å²) in [6, 6.07) is -1.40. The molecule has 1 fully saturated rings. The fourth-order valence-corrected chi connectivity index (χ4v) is 2.78. The van der Waals surface area contributed by atoms with E-state index in [0.29, 0.717) is 11.8 Å². The van der Waals surface area contributed by atoms with Crippen molar-refractivity contribution >= 4 is 12.0 Å². The molecule has 2 amide bonds. The van der Waals surface area contributed by atoms with Gasteiger partial charge in [0.1, 0.15) is 6.04 Å². The first-order valence-electron chi connectivity index (χ1n) is 6.90. The monoisotopic (exact) mass is 272 g/mol. The van der Waals surface area contributed by atoms with Crippen molar-refractivity contribution in [1.82, 2.24) is 10.6 Å². The van der Waals surface area contributed by atoms with Crippen LogP contribution in [0.5, 0.6) is 0 Å². The molecule has 1 rings (SSSR count). The SMILES string of the molecule is CCC1CCC(NC(=O)NC(CCO)C(=O)O)C1C. The molecule has 0 bridgehead atoms. The highest BCUT2D eigenvalue weighted by Gasteiger charge is 2.33. The van der Waals surface area contributed by atoms with Crippen LogP contribution < -0.4 is 10.6 Å². The van der Waals surface area contributed by atoms with Gasteiger partial charge in [0, 0.05) is 19.1 Å². The van der Waals surface area contributed by atoms with Crippen molar-refractivity contribution in [3.05, 3.63) is 0 Å². The zero-order chi connectivity index (χ0) is 14.4. The molecule has 0 aromatic heterocycles. The first-order chi connectivity index (χ1) is 8.99. The Morgan fingerprint density at radius 1 is 1.37 bits per heavy atom. The van der Waals surface area contributed by atoms with Crippen molar-refractivity contribution in [3.63, 3.8) is 0 Å². The van der Waals surface area contributed by atoms with Crippen LogP contribution in [-0.2, 0) is 4.79 Å². The highest BCUT2D eigenvalue weighted by atomic mass is 16.4. The zero-order valence-electron chi connectivity index (χ0n) is 11.6. The molecule has 6 nitrogen and oxygen atoms in total. The number of rotatable bonds is 6. The van der Waals surface area contributed by atoms with Crippen molar-refractivity contribution in [1.29, 1.82) is 0 Å². The van der Waals surface area contributed by atoms with Gasteiger partial charge in [-0.2, -0.15) is 0 Å². The molecule has 6 heteroatoms. The first-order valence-corrected chi connectivity index (χ1v) is 6.90. The molecule has 0 heterocycles. The standard InChI is InChI=1S/C13H24N2O4/c1-3-9-4-5-10(8(9)2)14-13(19)15-11(6-7-16)12(17)18/h8-11,16H,3-7H2,1-2H3,(H,17,18)(H2,14,15,19). The smallest absolute Gasteiger partial charge is 0.326 e. The lowest BCUT2D eigenvalue weighted by Gasteiger charge is -2.22. The van der Waals surface area contributed by atoms with Crippen molar-refractivity contribution in [2.75, 3.05) is 6.61 Å². The van der Waals surface area contributed by atoms with Gasteiger partial charge >= 0.3 is 12.0 Å². The summed E-state index contributed by atoms with van der Waals surface area (Å²) in [6.45, 7) is 3.99. The summed E-state index contributed by atoms with van der Waals surface area (Å²) < 4.78 is 0. The summed E-state index contributed by atoms with van der Waals surface area (Å²) >= 11 is 0. The van der Waals surface area contributed by atoms with Gasteiger partial charge in [-0.25, -0.2) is 9.59 Å². The Labute approximate surface area is 113 Å². The molecule has 0 radical (unpaired) electrons. The summed E-state index contributed by atoms with van der Waals surface area (Å²) in [5.41, 5.74) is 0. The van der Waals surface area contributed by atoms with Gasteiger partial charge in [-0.3, -0.25) is 0 Å². The van der Waals surface area contributed by atoms with Crippen LogP contribution in [0.2, 0.25) is 0 Å². The average Bonchev–Trinajstić information content (AvgIpc) is 2.69. The molecule has 0 saturated heterocycles. The van der Waals surface area contributed by atoms with E-state index >= 15 is 0 Å². The Morgan fingerprint density at radius 2 is 2.05 bits per heavy atom. The quantitative estimate of drug-likeness (QED) is 0.578. The topological polar surface area (TPSA) is 98.7 Å². The minimum absolute atomic E-state index is 0.0144. The Morgan fingerprint density at radius 3 is 2.53 bits per heavy atom. The summed E-state index contributed by atoms with van der Waals surface area (Å²) in [7, 11) is 0. The minimum atomic E-state index is -1.13. The van der Waals surface area contributed by atoms with Crippen LogP contribution in [-0.4, -0.2) is 40.9 Å². The van der Waals surface area contributed by atoms with E-state index in [1.807, 2.05) is 0 Å². The lowest BCUT2D eigenvalue weighted by molar-refractivity contribution is -0.139. The number of aliphatic hydroxyl groups excluding tert-OH is 1. The van der Waals surface area contributed by atoms with E-state index in [0.717, 1.165) is 19.3 Å². The van der Waals surface area contributed by atoms with Gasteiger partial charge in [0.25, 0.3) is 0 Å². The Bertz CT molecular complexity index is 322. The molecule has 1 aliphatic carbocycles. The van der Waals surface area contributed by atoms with Crippen LogP contribution >= 0.6 is 0 Å². The fourth-order valence-electron chi connectivity index (χ4n) is 2.78. The number of hydrogen-bond donors (Lipinski definition) is 4. The van der Waals surface area contributed by atoms with Crippen LogP contribution in [0.3, 0.4) is 0 Å². The summed E-state index contributed by atoms with van der Waals surface area (Å²) in [5, 5.41) is 22.9. The maximum atomic E-state index is 11.8. The van der Waals surface area contributed by atoms with E-state index in [4.69, 9.17) is 10.2 Å². The predicted octanol–water partition coefficient (Wildman–Crippen LogP) is 0.946. The van der Waals surface area contributed by atoms with Crippen LogP contribution in [0.1, 0.15) is 39.5 Å². The lowest BCUT2D eigenvalue weighted by atomic mass is 9.93. The molecule has 0 aliphatic heterocycles. The van der Waals surface area contributed by atoms with E-state index in [1.54, 1.807) is 0 Å². The second-order valence-corrected chi connectivity index (χ2v) is 5.23. The third kappa shape index (κ3) is 4.38. The molecular weight excluding hydrogens is 248 g/mol. The van der Waals surface area contributed by atoms with Crippen LogP contribution in [0, 0.1) is 11.8 Å². The third-order valence-corrected chi connectivity index (χ3v) is 4.09. The normalized spacial score (nSPS) is 27.8. The van der Waals surface area contributed by atoms with Gasteiger partial charge in [0.2, 0.25) is 0 Å². The number of nitrogens with one attached hydrogen (secondary N) is 2. The molecule has 1 saturated carbocycles. The number of aliphatic hydroxyl groups is 1. The van der Waals surface area contributed by atoms with E-state index in [1.165, 1.54) is 0 Å². The largest absolute Gasteiger partial charge is 0.480 e. The molecule has 1 aliphatic rings. The molecular formula is C13H24N2O4. The predicted molar refractivity (Wildman–Crippen MR) is 70.8 cm³/mol. The van der Waals surface area contributed by atoms with Crippen molar-refractivity contribution < 1.29 is 19.8 Å². The Hall–Kier alpha value is -1.30. The van der Waals surface area contributed by atoms with E-state index in [9.17, 15) is 9.59 Å². The Kier molecular flexibility index (Phi) is 6.08. The first kappa shape index (κ1) is 15.8. The maximum Gasteiger partial charge on any atom is 0.326 e. The maximum absolute atomic E-state index is 11.8. The lowest BCUT2D eigenvalue weighted by Crippen LogP contribution is -2.50. The van der Waals surface area contributed by atoms with Crippen LogP contribution in [0.4, 0.5) is 4.79 Å². The summed E-state index contributed by atoms with van der Waals surface area (Å²) in [6.07, 6.45) is 3.15. The molecule has 0 aromatic rings. The number of hydrogen-bond acceptors (Lipinski definition) is 3. The second kappa shape index (κ2) is 7.33. The second-order valence-electron chi connectivity index (χ2n) is 5.23. The van der Waals surface area contributed by atoms with Gasteiger partial charge in [0.05, 0.1) is 0 Å². The van der Waals surface area contributed by atoms with Crippen LogP contribution in [0.15, 0.2) is 0 Å². The number of carbonyl (C=O) groups is 2. The molecule has 0 spiro atoms. The third-order valence-electron chi connectivity index (χ3n) is 4.09.